The van der Waals surface area contributed by atoms with Crippen molar-refractivity contribution in [2.45, 2.75) is 40.0 Å². The third-order valence-electron chi connectivity index (χ3n) is 2.37. The van der Waals surface area contributed by atoms with Crippen LogP contribution in [-0.2, 0) is 0 Å². The van der Waals surface area contributed by atoms with Gasteiger partial charge in [0.15, 0.2) is 0 Å². The predicted octanol–water partition coefficient (Wildman–Crippen LogP) is 5.50. The van der Waals surface area contributed by atoms with E-state index in [0.717, 1.165) is 0 Å². The topological polar surface area (TPSA) is 0 Å². The first-order chi connectivity index (χ1) is 7.83. The molecule has 0 radical (unpaired) electrons. The number of rotatable bonds is 3. The van der Waals surface area contributed by atoms with E-state index < -0.39 is 0 Å². The van der Waals surface area contributed by atoms with Gasteiger partial charge in [-0.15, -0.1) is 11.8 Å². The average Bonchev–Trinajstić information content (AvgIpc) is 2.33. The molecular formula is C15H24S. The Labute approximate surface area is 105 Å². The quantitative estimate of drug-likeness (QED) is 0.623. The summed E-state index contributed by atoms with van der Waals surface area (Å²) in [5.41, 5.74) is 2.94. The molecule has 16 heavy (non-hydrogen) atoms. The first-order valence-corrected chi connectivity index (χ1v) is 7.27. The fourth-order valence-electron chi connectivity index (χ4n) is 1.83. The van der Waals surface area contributed by atoms with Crippen molar-refractivity contribution in [3.05, 3.63) is 46.9 Å². The molecule has 1 rings (SSSR count). The fourth-order valence-corrected chi connectivity index (χ4v) is 2.69. The van der Waals surface area contributed by atoms with Crippen molar-refractivity contribution in [1.29, 1.82) is 0 Å². The molecule has 0 unspecified atom stereocenters. The molecule has 0 spiro atoms. The highest BCUT2D eigenvalue weighted by Crippen LogP contribution is 2.36. The van der Waals surface area contributed by atoms with Gasteiger partial charge in [-0.3, -0.25) is 0 Å². The van der Waals surface area contributed by atoms with Crippen LogP contribution in [-0.4, -0.2) is 6.26 Å². The van der Waals surface area contributed by atoms with E-state index in [1.807, 2.05) is 31.7 Å². The van der Waals surface area contributed by atoms with Gasteiger partial charge in [0.2, 0.25) is 0 Å². The molecule has 1 aliphatic carbocycles. The Morgan fingerprint density at radius 3 is 2.44 bits per heavy atom. The Balaban J connectivity index is 0.00000106. The van der Waals surface area contributed by atoms with Crippen LogP contribution in [0.2, 0.25) is 0 Å². The largest absolute Gasteiger partial charge is 0.129 e. The van der Waals surface area contributed by atoms with Gasteiger partial charge in [0.1, 0.15) is 0 Å². The van der Waals surface area contributed by atoms with Crippen LogP contribution in [0.25, 0.3) is 0 Å². The van der Waals surface area contributed by atoms with Crippen LogP contribution in [0.5, 0.6) is 0 Å². The molecule has 0 amide bonds. The Morgan fingerprint density at radius 2 is 1.94 bits per heavy atom. The van der Waals surface area contributed by atoms with Gasteiger partial charge in [0.25, 0.3) is 0 Å². The van der Waals surface area contributed by atoms with E-state index in [1.165, 1.54) is 35.3 Å². The lowest BCUT2D eigenvalue weighted by Gasteiger charge is -2.19. The van der Waals surface area contributed by atoms with Gasteiger partial charge in [-0.25, -0.2) is 0 Å². The normalized spacial score (nSPS) is 18.6. The molecular weight excluding hydrogens is 212 g/mol. The Hall–Kier alpha value is -0.690. The molecule has 0 atom stereocenters. The minimum atomic E-state index is 1.20. The molecule has 0 heterocycles. The van der Waals surface area contributed by atoms with Crippen LogP contribution in [0, 0.1) is 0 Å². The highest BCUT2D eigenvalue weighted by atomic mass is 32.2. The van der Waals surface area contributed by atoms with Crippen molar-refractivity contribution in [3.63, 3.8) is 0 Å². The average molecular weight is 236 g/mol. The van der Waals surface area contributed by atoms with Crippen LogP contribution in [0.4, 0.5) is 0 Å². The fraction of sp³-hybridized carbons (Fsp3) is 0.467. The van der Waals surface area contributed by atoms with E-state index in [9.17, 15) is 0 Å². The first-order valence-electron chi connectivity index (χ1n) is 6.05. The maximum atomic E-state index is 3.77. The summed E-state index contributed by atoms with van der Waals surface area (Å²) in [4.78, 5) is 1.45. The van der Waals surface area contributed by atoms with E-state index >= 15 is 0 Å². The van der Waals surface area contributed by atoms with Crippen LogP contribution in [0.3, 0.4) is 0 Å². The zero-order valence-electron chi connectivity index (χ0n) is 11.0. The maximum absolute atomic E-state index is 3.77. The molecule has 0 aromatic rings. The van der Waals surface area contributed by atoms with Crippen molar-refractivity contribution in [1.82, 2.24) is 0 Å². The van der Waals surface area contributed by atoms with Gasteiger partial charge < -0.3 is 0 Å². The maximum Gasteiger partial charge on any atom is 0.0133 e. The lowest BCUT2D eigenvalue weighted by molar-refractivity contribution is 0.793. The predicted molar refractivity (Wildman–Crippen MR) is 78.8 cm³/mol. The Kier molecular flexibility index (Phi) is 9.12. The van der Waals surface area contributed by atoms with E-state index in [0.29, 0.717) is 0 Å². The third kappa shape index (κ3) is 4.44. The zero-order chi connectivity index (χ0) is 12.4. The SMILES string of the molecule is C=C/C=C1\CCCC(/C=C/C)=C1SC.CC. The molecule has 0 aliphatic heterocycles. The molecule has 1 aliphatic rings. The van der Waals surface area contributed by atoms with E-state index in [2.05, 4.69) is 38.0 Å². The van der Waals surface area contributed by atoms with Gasteiger partial charge in [-0.2, -0.15) is 0 Å². The molecule has 90 valence electrons. The minimum absolute atomic E-state index is 1.20. The smallest absolute Gasteiger partial charge is 0.0133 e. The van der Waals surface area contributed by atoms with Gasteiger partial charge in [0.05, 0.1) is 0 Å². The second-order valence-corrected chi connectivity index (χ2v) is 4.16. The number of hydrogen-bond donors (Lipinski definition) is 0. The van der Waals surface area contributed by atoms with Crippen LogP contribution < -0.4 is 0 Å². The molecule has 0 N–H and O–H groups in total. The van der Waals surface area contributed by atoms with Crippen molar-refractivity contribution < 1.29 is 0 Å². The first kappa shape index (κ1) is 15.3. The lowest BCUT2D eigenvalue weighted by Crippen LogP contribution is -1.99. The second-order valence-electron chi connectivity index (χ2n) is 3.34. The molecule has 0 saturated carbocycles. The summed E-state index contributed by atoms with van der Waals surface area (Å²) in [7, 11) is 0. The molecule has 0 aromatic carbocycles. The van der Waals surface area contributed by atoms with Crippen molar-refractivity contribution >= 4 is 11.8 Å². The van der Waals surface area contributed by atoms with E-state index in [-0.39, 0.29) is 0 Å². The highest BCUT2D eigenvalue weighted by molar-refractivity contribution is 8.02. The zero-order valence-corrected chi connectivity index (χ0v) is 11.9. The molecule has 0 saturated heterocycles. The van der Waals surface area contributed by atoms with Gasteiger partial charge in [-0.1, -0.05) is 44.7 Å². The third-order valence-corrected chi connectivity index (χ3v) is 3.30. The van der Waals surface area contributed by atoms with Crippen LogP contribution >= 0.6 is 11.8 Å². The number of hydrogen-bond acceptors (Lipinski definition) is 1. The summed E-state index contributed by atoms with van der Waals surface area (Å²) in [6.07, 6.45) is 14.2. The van der Waals surface area contributed by atoms with Crippen molar-refractivity contribution in [2.75, 3.05) is 6.26 Å². The van der Waals surface area contributed by atoms with Gasteiger partial charge in [0, 0.05) is 4.91 Å². The van der Waals surface area contributed by atoms with Gasteiger partial charge in [-0.05, 0) is 43.6 Å². The summed E-state index contributed by atoms with van der Waals surface area (Å²) in [6.45, 7) is 9.85. The van der Waals surface area contributed by atoms with E-state index in [1.54, 1.807) is 0 Å². The highest BCUT2D eigenvalue weighted by Gasteiger charge is 2.13. The number of thioether (sulfide) groups is 1. The summed E-state index contributed by atoms with van der Waals surface area (Å²) in [5, 5.41) is 0. The van der Waals surface area contributed by atoms with Gasteiger partial charge >= 0.3 is 0 Å². The molecule has 0 nitrogen and oxygen atoms in total. The second kappa shape index (κ2) is 9.53. The van der Waals surface area contributed by atoms with Crippen molar-refractivity contribution in [2.24, 2.45) is 0 Å². The van der Waals surface area contributed by atoms with Crippen molar-refractivity contribution in [3.8, 4) is 0 Å². The Morgan fingerprint density at radius 1 is 1.25 bits per heavy atom. The molecule has 0 bridgehead atoms. The lowest BCUT2D eigenvalue weighted by atomic mass is 9.94. The minimum Gasteiger partial charge on any atom is -0.129 e. The summed E-state index contributed by atoms with van der Waals surface area (Å²) < 4.78 is 0. The summed E-state index contributed by atoms with van der Waals surface area (Å²) in [6, 6.07) is 0. The monoisotopic (exact) mass is 236 g/mol. The van der Waals surface area contributed by atoms with Crippen LogP contribution in [0.1, 0.15) is 40.0 Å². The molecule has 1 heteroatoms. The summed E-state index contributed by atoms with van der Waals surface area (Å²) >= 11 is 1.85. The molecule has 0 fully saturated rings. The summed E-state index contributed by atoms with van der Waals surface area (Å²) in [5.74, 6) is 0. The standard InChI is InChI=1S/C13H18S.C2H6/c1-4-7-11-9-6-10-12(8-5-2)13(11)14-3;1-2/h4-5,7-8H,1,6,9-10H2,2-3H3;1-2H3/b8-5+,11-7+;. The molecule has 0 aromatic heterocycles. The Bertz CT molecular complexity index is 293. The number of allylic oxidation sites excluding steroid dienone is 6. The van der Waals surface area contributed by atoms with E-state index in [4.69, 9.17) is 0 Å². The van der Waals surface area contributed by atoms with Crippen LogP contribution in [0.15, 0.2) is 46.9 Å².